The highest BCUT2D eigenvalue weighted by molar-refractivity contribution is 5.91. The lowest BCUT2D eigenvalue weighted by Gasteiger charge is -2.06. The van der Waals surface area contributed by atoms with Crippen molar-refractivity contribution in [3.05, 3.63) is 107 Å². The summed E-state index contributed by atoms with van der Waals surface area (Å²) in [5, 5.41) is 6.14. The average molecular weight is 368 g/mol. The van der Waals surface area contributed by atoms with Gasteiger partial charge in [0, 0.05) is 13.3 Å². The molecule has 1 rings (SSSR count). The Labute approximate surface area is 168 Å². The van der Waals surface area contributed by atoms with E-state index in [1.165, 1.54) is 0 Å². The van der Waals surface area contributed by atoms with Crippen LogP contribution in [-0.4, -0.2) is 13.3 Å². The molecule has 1 aromatic carbocycles. The largest absolute Gasteiger partial charge is 0.296 e. The van der Waals surface area contributed by atoms with Crippen LogP contribution in [0.4, 0.5) is 0 Å². The monoisotopic (exact) mass is 367 g/mol. The maximum atomic E-state index is 4.15. The summed E-state index contributed by atoms with van der Waals surface area (Å²) in [6.45, 7) is 25.7. The SMILES string of the molecule is C=C/C=c1\c(=C(C=C)C=C)c(=C\C=C)/c(=C\C=N\C)c(=C(C=C)C=C)\c1=C/C. The number of hydrogen-bond donors (Lipinski definition) is 0. The van der Waals surface area contributed by atoms with Gasteiger partial charge in [0.05, 0.1) is 0 Å². The molecule has 0 saturated heterocycles. The minimum Gasteiger partial charge on any atom is -0.296 e. The van der Waals surface area contributed by atoms with Gasteiger partial charge in [-0.25, -0.2) is 0 Å². The Morgan fingerprint density at radius 1 is 0.643 bits per heavy atom. The van der Waals surface area contributed by atoms with E-state index in [-0.39, 0.29) is 0 Å². The Balaban J connectivity index is 5.18. The van der Waals surface area contributed by atoms with Crippen LogP contribution in [0, 0.1) is 0 Å². The van der Waals surface area contributed by atoms with Gasteiger partial charge in [0.1, 0.15) is 0 Å². The Morgan fingerprint density at radius 2 is 1.04 bits per heavy atom. The lowest BCUT2D eigenvalue weighted by molar-refractivity contribution is 1.29. The lowest BCUT2D eigenvalue weighted by atomic mass is 9.97. The third-order valence-corrected chi connectivity index (χ3v) is 4.36. The molecule has 1 nitrogen and oxygen atoms in total. The fourth-order valence-corrected chi connectivity index (χ4v) is 3.23. The van der Waals surface area contributed by atoms with Gasteiger partial charge < -0.3 is 0 Å². The fourth-order valence-electron chi connectivity index (χ4n) is 3.23. The smallest absolute Gasteiger partial charge is 0.0277 e. The first-order chi connectivity index (χ1) is 13.6. The van der Waals surface area contributed by atoms with Crippen molar-refractivity contribution in [1.29, 1.82) is 0 Å². The van der Waals surface area contributed by atoms with E-state index in [1.807, 2.05) is 49.5 Å². The van der Waals surface area contributed by atoms with Gasteiger partial charge in [-0.2, -0.15) is 0 Å². The van der Waals surface area contributed by atoms with Crippen molar-refractivity contribution in [1.82, 2.24) is 0 Å². The van der Waals surface area contributed by atoms with Gasteiger partial charge in [0.2, 0.25) is 0 Å². The average Bonchev–Trinajstić information content (AvgIpc) is 2.71. The van der Waals surface area contributed by atoms with E-state index in [2.05, 4.69) is 50.5 Å². The molecular formula is C27H29N. The highest BCUT2D eigenvalue weighted by Gasteiger charge is 2.04. The Kier molecular flexibility index (Phi) is 9.12. The van der Waals surface area contributed by atoms with E-state index in [9.17, 15) is 0 Å². The molecule has 0 aromatic heterocycles. The minimum absolute atomic E-state index is 0.928. The number of nitrogens with zero attached hydrogens (tertiary/aromatic N) is 1. The van der Waals surface area contributed by atoms with Gasteiger partial charge in [-0.3, -0.25) is 4.99 Å². The zero-order chi connectivity index (χ0) is 21.1. The highest BCUT2D eigenvalue weighted by Crippen LogP contribution is 1.92. The predicted molar refractivity (Wildman–Crippen MR) is 130 cm³/mol. The molecule has 0 aliphatic rings. The molecule has 1 heteroatoms. The molecule has 0 spiro atoms. The normalized spacial score (nSPS) is 13.5. The third-order valence-electron chi connectivity index (χ3n) is 4.36. The van der Waals surface area contributed by atoms with Crippen LogP contribution in [0.25, 0.3) is 35.5 Å². The number of hydrogen-bond acceptors (Lipinski definition) is 1. The van der Waals surface area contributed by atoms with Gasteiger partial charge >= 0.3 is 0 Å². The van der Waals surface area contributed by atoms with Crippen LogP contribution >= 0.6 is 0 Å². The lowest BCUT2D eigenvalue weighted by Crippen LogP contribution is -2.66. The highest BCUT2D eigenvalue weighted by atomic mass is 14.6. The molecule has 0 N–H and O–H groups in total. The van der Waals surface area contributed by atoms with Crippen LogP contribution in [0.5, 0.6) is 0 Å². The van der Waals surface area contributed by atoms with Crippen LogP contribution in [0.2, 0.25) is 0 Å². The van der Waals surface area contributed by atoms with Gasteiger partial charge in [0.25, 0.3) is 0 Å². The summed E-state index contributed by atoms with van der Waals surface area (Å²) in [4.78, 5) is 4.15. The molecule has 28 heavy (non-hydrogen) atoms. The van der Waals surface area contributed by atoms with E-state index in [4.69, 9.17) is 0 Å². The topological polar surface area (TPSA) is 12.4 Å². The van der Waals surface area contributed by atoms with Crippen LogP contribution in [0.15, 0.2) is 80.9 Å². The van der Waals surface area contributed by atoms with Gasteiger partial charge in [-0.05, 0) is 55.5 Å². The number of benzene rings is 1. The summed E-state index contributed by atoms with van der Waals surface area (Å²) >= 11 is 0. The Morgan fingerprint density at radius 3 is 1.39 bits per heavy atom. The van der Waals surface area contributed by atoms with Crippen molar-refractivity contribution in [3.8, 4) is 0 Å². The standard InChI is InChI=1S/C27H29N/c1-9-16-23-22(15-7)26(20(11-3)12-4)25(18-19-28-8)24(17-10-2)27(23)21(13-5)14-6/h9-19H,1-6H2,7-8H3/b22-15-,23-16-,24-17-,25-18+,28-19+. The molecule has 1 aromatic rings. The quantitative estimate of drug-likeness (QED) is 0.653. The van der Waals surface area contributed by atoms with Crippen molar-refractivity contribution in [2.24, 2.45) is 4.99 Å². The molecule has 142 valence electrons. The van der Waals surface area contributed by atoms with Gasteiger partial charge in [0.15, 0.2) is 0 Å². The summed E-state index contributed by atoms with van der Waals surface area (Å²) in [5.41, 5.74) is 1.87. The fraction of sp³-hybridized carbons (Fsp3) is 0.0741. The van der Waals surface area contributed by atoms with Crippen LogP contribution in [-0.2, 0) is 0 Å². The summed E-state index contributed by atoms with van der Waals surface area (Å²) in [6.07, 6.45) is 20.7. The van der Waals surface area contributed by atoms with Crippen LogP contribution < -0.4 is 31.3 Å². The maximum absolute atomic E-state index is 4.15. The number of allylic oxidation sites excluding steroid dienone is 6. The molecule has 0 heterocycles. The summed E-state index contributed by atoms with van der Waals surface area (Å²) < 4.78 is 0. The Hall–Kier alpha value is -3.45. The molecule has 0 atom stereocenters. The maximum Gasteiger partial charge on any atom is 0.0277 e. The van der Waals surface area contributed by atoms with E-state index in [0.29, 0.717) is 0 Å². The molecule has 0 unspecified atom stereocenters. The summed E-state index contributed by atoms with van der Waals surface area (Å²) in [6, 6.07) is 0. The van der Waals surface area contributed by atoms with E-state index in [1.54, 1.807) is 25.4 Å². The van der Waals surface area contributed by atoms with Crippen molar-refractivity contribution in [2.45, 2.75) is 6.92 Å². The molecular weight excluding hydrogens is 338 g/mol. The van der Waals surface area contributed by atoms with Crippen molar-refractivity contribution in [3.63, 3.8) is 0 Å². The van der Waals surface area contributed by atoms with Gasteiger partial charge in [-0.1, -0.05) is 94.2 Å². The molecule has 0 bridgehead atoms. The van der Waals surface area contributed by atoms with Crippen LogP contribution in [0.1, 0.15) is 6.92 Å². The zero-order valence-electron chi connectivity index (χ0n) is 17.0. The van der Waals surface area contributed by atoms with Crippen molar-refractivity contribution >= 4 is 41.7 Å². The summed E-state index contributed by atoms with van der Waals surface area (Å²) in [5.74, 6) is 0. The first-order valence-electron chi connectivity index (χ1n) is 9.04. The second-order valence-corrected chi connectivity index (χ2v) is 5.80. The van der Waals surface area contributed by atoms with E-state index in [0.717, 1.165) is 42.5 Å². The number of aliphatic imine (C=N–C) groups is 1. The van der Waals surface area contributed by atoms with E-state index >= 15 is 0 Å². The molecule has 0 aliphatic heterocycles. The Bertz CT molecular complexity index is 1190. The first-order valence-corrected chi connectivity index (χ1v) is 9.04. The summed E-state index contributed by atoms with van der Waals surface area (Å²) in [7, 11) is 1.75. The zero-order valence-corrected chi connectivity index (χ0v) is 17.0. The predicted octanol–water partition coefficient (Wildman–Crippen LogP) is 1.95. The molecule has 0 amide bonds. The van der Waals surface area contributed by atoms with E-state index < -0.39 is 0 Å². The molecule has 0 aliphatic carbocycles. The second kappa shape index (κ2) is 11.3. The first kappa shape index (κ1) is 22.6. The van der Waals surface area contributed by atoms with Crippen molar-refractivity contribution < 1.29 is 0 Å². The number of rotatable bonds is 7. The van der Waals surface area contributed by atoms with Crippen LogP contribution in [0.3, 0.4) is 0 Å². The third kappa shape index (κ3) is 4.44. The molecule has 0 fully saturated rings. The second-order valence-electron chi connectivity index (χ2n) is 5.80. The minimum atomic E-state index is 0.928. The van der Waals surface area contributed by atoms with Crippen molar-refractivity contribution in [2.75, 3.05) is 7.05 Å². The molecule has 0 radical (unpaired) electrons. The molecule has 0 saturated carbocycles. The van der Waals surface area contributed by atoms with Gasteiger partial charge in [-0.15, -0.1) is 0 Å².